The molecule has 94 valence electrons. The molecular weight excluding hydrogens is 218 g/mol. The smallest absolute Gasteiger partial charge is 0.273 e. The molecule has 1 aromatic carbocycles. The average molecular weight is 237 g/mol. The highest BCUT2D eigenvalue weighted by molar-refractivity contribution is 5.45. The largest absolute Gasteiger partial charge is 0.377 e. The van der Waals surface area contributed by atoms with Crippen LogP contribution in [0.4, 0.5) is 5.69 Å². The molecule has 0 saturated carbocycles. The van der Waals surface area contributed by atoms with Gasteiger partial charge in [0.25, 0.3) is 5.69 Å². The van der Waals surface area contributed by atoms with Gasteiger partial charge in [-0.3, -0.25) is 10.1 Å². The summed E-state index contributed by atoms with van der Waals surface area (Å²) in [5.74, 6) is 0.145. The van der Waals surface area contributed by atoms with Gasteiger partial charge in [0.1, 0.15) is 0 Å². The fourth-order valence-corrected chi connectivity index (χ4v) is 1.95. The molecule has 0 spiro atoms. The molecule has 0 radical (unpaired) electrons. The van der Waals surface area contributed by atoms with Crippen molar-refractivity contribution in [3.05, 3.63) is 39.4 Å². The van der Waals surface area contributed by atoms with Crippen molar-refractivity contribution in [1.82, 2.24) is 0 Å². The van der Waals surface area contributed by atoms with E-state index < -0.39 is 0 Å². The van der Waals surface area contributed by atoms with Gasteiger partial charge in [0.05, 0.1) is 11.0 Å². The lowest BCUT2D eigenvalue weighted by Crippen LogP contribution is -2.03. The number of hydrogen-bond donors (Lipinski definition) is 0. The number of methoxy groups -OCH3 is 1. The summed E-state index contributed by atoms with van der Waals surface area (Å²) in [6.07, 6.45) is 0.726. The van der Waals surface area contributed by atoms with E-state index in [1.807, 2.05) is 32.9 Å². The number of rotatable bonds is 5. The third kappa shape index (κ3) is 3.03. The molecule has 4 nitrogen and oxygen atoms in total. The second-order valence-corrected chi connectivity index (χ2v) is 4.36. The van der Waals surface area contributed by atoms with Gasteiger partial charge in [-0.15, -0.1) is 0 Å². The second-order valence-electron chi connectivity index (χ2n) is 4.36. The lowest BCUT2D eigenvalue weighted by atomic mass is 9.97. The number of nitro benzene ring substituents is 1. The molecule has 1 unspecified atom stereocenters. The first-order valence-electron chi connectivity index (χ1n) is 5.82. The summed E-state index contributed by atoms with van der Waals surface area (Å²) in [6, 6.07) is 5.38. The molecule has 0 saturated heterocycles. The van der Waals surface area contributed by atoms with Crippen LogP contribution in [0.1, 0.15) is 50.3 Å². The molecule has 0 aromatic heterocycles. The lowest BCUT2D eigenvalue weighted by molar-refractivity contribution is -0.385. The van der Waals surface area contributed by atoms with Crippen molar-refractivity contribution in [2.45, 2.75) is 39.2 Å². The van der Waals surface area contributed by atoms with Gasteiger partial charge in [0.2, 0.25) is 0 Å². The number of ether oxygens (including phenoxy) is 1. The van der Waals surface area contributed by atoms with Crippen molar-refractivity contribution in [3.8, 4) is 0 Å². The average Bonchev–Trinajstić information content (AvgIpc) is 2.30. The molecule has 0 fully saturated rings. The fourth-order valence-electron chi connectivity index (χ4n) is 1.95. The van der Waals surface area contributed by atoms with E-state index in [0.717, 1.165) is 17.5 Å². The standard InChI is InChI=1S/C13H19NO3/c1-5-13(17-4)10-6-7-11(9(2)3)12(8-10)14(15)16/h6-9,13H,5H2,1-4H3. The summed E-state index contributed by atoms with van der Waals surface area (Å²) < 4.78 is 5.30. The Balaban J connectivity index is 3.22. The predicted molar refractivity (Wildman–Crippen MR) is 67.2 cm³/mol. The van der Waals surface area contributed by atoms with E-state index >= 15 is 0 Å². The predicted octanol–water partition coefficient (Wildman–Crippen LogP) is 3.82. The maximum atomic E-state index is 11.0. The van der Waals surface area contributed by atoms with Crippen LogP contribution >= 0.6 is 0 Å². The van der Waals surface area contributed by atoms with E-state index in [9.17, 15) is 10.1 Å². The molecule has 0 bridgehead atoms. The van der Waals surface area contributed by atoms with Gasteiger partial charge in [-0.1, -0.05) is 32.9 Å². The second kappa shape index (κ2) is 5.77. The molecule has 0 aliphatic heterocycles. The van der Waals surface area contributed by atoms with Gasteiger partial charge in [0.15, 0.2) is 0 Å². The molecule has 0 amide bonds. The van der Waals surface area contributed by atoms with E-state index in [0.29, 0.717) is 0 Å². The van der Waals surface area contributed by atoms with Gasteiger partial charge in [-0.25, -0.2) is 0 Å². The molecule has 1 aromatic rings. The Morgan fingerprint density at radius 3 is 2.47 bits per heavy atom. The topological polar surface area (TPSA) is 52.4 Å². The number of nitro groups is 1. The minimum Gasteiger partial charge on any atom is -0.377 e. The van der Waals surface area contributed by atoms with Crippen LogP contribution in [0.15, 0.2) is 18.2 Å². The molecule has 1 rings (SSSR count). The van der Waals surface area contributed by atoms with Crippen LogP contribution in [0.25, 0.3) is 0 Å². The maximum absolute atomic E-state index is 11.0. The molecule has 17 heavy (non-hydrogen) atoms. The number of benzene rings is 1. The van der Waals surface area contributed by atoms with Gasteiger partial charge in [-0.2, -0.15) is 0 Å². The lowest BCUT2D eigenvalue weighted by Gasteiger charge is -2.15. The van der Waals surface area contributed by atoms with Crippen molar-refractivity contribution < 1.29 is 9.66 Å². The Kier molecular flexibility index (Phi) is 4.63. The molecule has 0 heterocycles. The Hall–Kier alpha value is -1.42. The van der Waals surface area contributed by atoms with Crippen molar-refractivity contribution in [2.24, 2.45) is 0 Å². The van der Waals surface area contributed by atoms with E-state index in [1.165, 1.54) is 0 Å². The van der Waals surface area contributed by atoms with E-state index in [-0.39, 0.29) is 22.6 Å². The van der Waals surface area contributed by atoms with Gasteiger partial charge in [-0.05, 0) is 17.9 Å². The van der Waals surface area contributed by atoms with Crippen LogP contribution in [-0.4, -0.2) is 12.0 Å². The SMILES string of the molecule is CCC(OC)c1ccc(C(C)C)c([N+](=O)[O-])c1. The molecule has 0 aliphatic carbocycles. The summed E-state index contributed by atoms with van der Waals surface area (Å²) in [6.45, 7) is 5.90. The molecule has 4 heteroatoms. The minimum atomic E-state index is -0.318. The molecule has 0 aliphatic rings. The van der Waals surface area contributed by atoms with Crippen LogP contribution in [0.2, 0.25) is 0 Å². The van der Waals surface area contributed by atoms with Gasteiger partial charge < -0.3 is 4.74 Å². The number of hydrogen-bond acceptors (Lipinski definition) is 3. The van der Waals surface area contributed by atoms with Crippen molar-refractivity contribution in [2.75, 3.05) is 7.11 Å². The summed E-state index contributed by atoms with van der Waals surface area (Å²) in [5, 5.41) is 11.0. The van der Waals surface area contributed by atoms with E-state index in [2.05, 4.69) is 0 Å². The van der Waals surface area contributed by atoms with Crippen LogP contribution in [0.5, 0.6) is 0 Å². The summed E-state index contributed by atoms with van der Waals surface area (Å²) in [7, 11) is 1.62. The summed E-state index contributed by atoms with van der Waals surface area (Å²) in [5.41, 5.74) is 1.82. The van der Waals surface area contributed by atoms with E-state index in [1.54, 1.807) is 13.2 Å². The van der Waals surface area contributed by atoms with Crippen LogP contribution in [0, 0.1) is 10.1 Å². The highest BCUT2D eigenvalue weighted by Gasteiger charge is 2.19. The van der Waals surface area contributed by atoms with Gasteiger partial charge >= 0.3 is 0 Å². The first-order chi connectivity index (χ1) is 8.01. The maximum Gasteiger partial charge on any atom is 0.273 e. The Bertz CT molecular complexity index is 398. The highest BCUT2D eigenvalue weighted by Crippen LogP contribution is 2.31. The van der Waals surface area contributed by atoms with Crippen LogP contribution < -0.4 is 0 Å². The van der Waals surface area contributed by atoms with Gasteiger partial charge in [0, 0.05) is 18.7 Å². The Morgan fingerprint density at radius 1 is 1.41 bits per heavy atom. The third-order valence-corrected chi connectivity index (χ3v) is 2.90. The summed E-state index contributed by atoms with van der Waals surface area (Å²) >= 11 is 0. The van der Waals surface area contributed by atoms with Crippen molar-refractivity contribution in [3.63, 3.8) is 0 Å². The number of nitrogens with zero attached hydrogens (tertiary/aromatic N) is 1. The zero-order valence-corrected chi connectivity index (χ0v) is 10.8. The third-order valence-electron chi connectivity index (χ3n) is 2.90. The molecule has 0 N–H and O–H groups in total. The van der Waals surface area contributed by atoms with Crippen LogP contribution in [0.3, 0.4) is 0 Å². The Morgan fingerprint density at radius 2 is 2.06 bits per heavy atom. The summed E-state index contributed by atoms with van der Waals surface area (Å²) in [4.78, 5) is 10.7. The van der Waals surface area contributed by atoms with Crippen molar-refractivity contribution in [1.29, 1.82) is 0 Å². The normalized spacial score (nSPS) is 12.8. The zero-order chi connectivity index (χ0) is 13.0. The van der Waals surface area contributed by atoms with Crippen molar-refractivity contribution >= 4 is 5.69 Å². The molecular formula is C13H19NO3. The highest BCUT2D eigenvalue weighted by atomic mass is 16.6. The van der Waals surface area contributed by atoms with Crippen LogP contribution in [-0.2, 0) is 4.74 Å². The first-order valence-corrected chi connectivity index (χ1v) is 5.82. The van der Waals surface area contributed by atoms with E-state index in [4.69, 9.17) is 4.74 Å². The first kappa shape index (κ1) is 13.6. The quantitative estimate of drug-likeness (QED) is 0.578. The monoisotopic (exact) mass is 237 g/mol. The minimum absolute atomic E-state index is 0.0742. The fraction of sp³-hybridized carbons (Fsp3) is 0.538. The zero-order valence-electron chi connectivity index (χ0n) is 10.8. The Labute approximate surface area is 102 Å². The molecule has 1 atom stereocenters.